The largest absolute Gasteiger partial charge is 0.389 e. The van der Waals surface area contributed by atoms with E-state index in [4.69, 9.17) is 16.3 Å². The Morgan fingerprint density at radius 2 is 2.14 bits per heavy atom. The van der Waals surface area contributed by atoms with Crippen LogP contribution in [0.25, 0.3) is 0 Å². The predicted molar refractivity (Wildman–Crippen MR) is 87.9 cm³/mol. The van der Waals surface area contributed by atoms with Crippen molar-refractivity contribution in [1.29, 1.82) is 0 Å². The van der Waals surface area contributed by atoms with Crippen molar-refractivity contribution in [1.82, 2.24) is 5.32 Å². The average molecular weight is 326 g/mol. The Hall–Kier alpha value is -0.910. The summed E-state index contributed by atoms with van der Waals surface area (Å²) < 4.78 is 5.50. The van der Waals surface area contributed by atoms with Crippen LogP contribution in [0.2, 0.25) is 5.02 Å². The van der Waals surface area contributed by atoms with Gasteiger partial charge in [0, 0.05) is 23.0 Å². The zero-order valence-electron chi connectivity index (χ0n) is 12.0. The first kappa shape index (κ1) is 16.5. The van der Waals surface area contributed by atoms with Gasteiger partial charge in [-0.2, -0.15) is 0 Å². The molecule has 0 aliphatic rings. The second-order valence-electron chi connectivity index (χ2n) is 4.92. The van der Waals surface area contributed by atoms with Crippen molar-refractivity contribution in [2.45, 2.75) is 26.2 Å². The first-order valence-electron chi connectivity index (χ1n) is 6.89. The SMILES string of the molecule is Cc1ccsc1CNCC(O)COCc1ccccc1Cl. The van der Waals surface area contributed by atoms with Crippen LogP contribution in [0.5, 0.6) is 0 Å². The van der Waals surface area contributed by atoms with Gasteiger partial charge in [-0.05, 0) is 35.6 Å². The molecule has 2 rings (SSSR count). The molecule has 1 aromatic heterocycles. The summed E-state index contributed by atoms with van der Waals surface area (Å²) in [7, 11) is 0. The summed E-state index contributed by atoms with van der Waals surface area (Å²) in [5, 5.41) is 15.9. The van der Waals surface area contributed by atoms with Crippen LogP contribution >= 0.6 is 22.9 Å². The summed E-state index contributed by atoms with van der Waals surface area (Å²) >= 11 is 7.77. The zero-order chi connectivity index (χ0) is 15.1. The van der Waals surface area contributed by atoms with Crippen LogP contribution in [0.1, 0.15) is 16.0 Å². The minimum absolute atomic E-state index is 0.293. The molecule has 1 atom stereocenters. The van der Waals surface area contributed by atoms with E-state index >= 15 is 0 Å². The van der Waals surface area contributed by atoms with Crippen LogP contribution in [-0.2, 0) is 17.9 Å². The third-order valence-electron chi connectivity index (χ3n) is 3.16. The highest BCUT2D eigenvalue weighted by atomic mass is 35.5. The Morgan fingerprint density at radius 1 is 1.33 bits per heavy atom. The van der Waals surface area contributed by atoms with Crippen molar-refractivity contribution in [2.24, 2.45) is 0 Å². The number of aliphatic hydroxyl groups is 1. The zero-order valence-corrected chi connectivity index (χ0v) is 13.6. The normalized spacial score (nSPS) is 12.5. The van der Waals surface area contributed by atoms with Gasteiger partial charge in [0.25, 0.3) is 0 Å². The van der Waals surface area contributed by atoms with Gasteiger partial charge < -0.3 is 15.2 Å². The van der Waals surface area contributed by atoms with Crippen molar-refractivity contribution in [3.8, 4) is 0 Å². The van der Waals surface area contributed by atoms with Crippen LogP contribution < -0.4 is 5.32 Å². The fourth-order valence-electron chi connectivity index (χ4n) is 1.92. The molecular formula is C16H20ClNO2S. The van der Waals surface area contributed by atoms with Crippen molar-refractivity contribution >= 4 is 22.9 Å². The number of hydrogen-bond acceptors (Lipinski definition) is 4. The summed E-state index contributed by atoms with van der Waals surface area (Å²) in [6.07, 6.45) is -0.521. The molecule has 0 fully saturated rings. The summed E-state index contributed by atoms with van der Waals surface area (Å²) in [5.74, 6) is 0. The molecule has 1 heterocycles. The van der Waals surface area contributed by atoms with E-state index in [9.17, 15) is 5.11 Å². The first-order valence-corrected chi connectivity index (χ1v) is 8.15. The van der Waals surface area contributed by atoms with E-state index in [1.165, 1.54) is 10.4 Å². The molecule has 0 bridgehead atoms. The third-order valence-corrected chi connectivity index (χ3v) is 4.55. The summed E-state index contributed by atoms with van der Waals surface area (Å²) in [6.45, 7) is 4.10. The highest BCUT2D eigenvalue weighted by molar-refractivity contribution is 7.10. The lowest BCUT2D eigenvalue weighted by Crippen LogP contribution is -2.30. The number of halogens is 1. The van der Waals surface area contributed by atoms with E-state index in [0.717, 1.165) is 12.1 Å². The Morgan fingerprint density at radius 3 is 2.86 bits per heavy atom. The van der Waals surface area contributed by atoms with E-state index in [2.05, 4.69) is 23.7 Å². The predicted octanol–water partition coefficient (Wildman–Crippen LogP) is 3.38. The van der Waals surface area contributed by atoms with E-state index < -0.39 is 6.10 Å². The molecule has 0 aliphatic heterocycles. The number of nitrogens with one attached hydrogen (secondary N) is 1. The van der Waals surface area contributed by atoms with Gasteiger partial charge in [-0.25, -0.2) is 0 Å². The van der Waals surface area contributed by atoms with Crippen LogP contribution in [-0.4, -0.2) is 24.4 Å². The van der Waals surface area contributed by atoms with Gasteiger partial charge in [0.05, 0.1) is 19.3 Å². The Labute approximate surface area is 134 Å². The minimum Gasteiger partial charge on any atom is -0.389 e. The van der Waals surface area contributed by atoms with E-state index in [1.54, 1.807) is 11.3 Å². The number of ether oxygens (including phenoxy) is 1. The molecular weight excluding hydrogens is 306 g/mol. The maximum Gasteiger partial charge on any atom is 0.0897 e. The Bertz CT molecular complexity index is 559. The molecule has 0 radical (unpaired) electrons. The fourth-order valence-corrected chi connectivity index (χ4v) is 2.98. The number of hydrogen-bond donors (Lipinski definition) is 2. The molecule has 21 heavy (non-hydrogen) atoms. The molecule has 2 N–H and O–H groups in total. The molecule has 0 aliphatic carbocycles. The highest BCUT2D eigenvalue weighted by Gasteiger charge is 2.06. The lowest BCUT2D eigenvalue weighted by Gasteiger charge is -2.13. The lowest BCUT2D eigenvalue weighted by atomic mass is 10.2. The third kappa shape index (κ3) is 5.41. The number of rotatable bonds is 8. The van der Waals surface area contributed by atoms with Gasteiger partial charge in [-0.3, -0.25) is 0 Å². The topological polar surface area (TPSA) is 41.5 Å². The van der Waals surface area contributed by atoms with E-state index in [-0.39, 0.29) is 0 Å². The maximum atomic E-state index is 9.88. The Kier molecular flexibility index (Phi) is 6.67. The number of aliphatic hydroxyl groups excluding tert-OH is 1. The lowest BCUT2D eigenvalue weighted by molar-refractivity contribution is 0.0288. The quantitative estimate of drug-likeness (QED) is 0.782. The van der Waals surface area contributed by atoms with Gasteiger partial charge >= 0.3 is 0 Å². The Balaban J connectivity index is 1.63. The van der Waals surface area contributed by atoms with Crippen molar-refractivity contribution in [3.63, 3.8) is 0 Å². The summed E-state index contributed by atoms with van der Waals surface area (Å²) in [4.78, 5) is 1.30. The van der Waals surface area contributed by atoms with Crippen LogP contribution in [0.15, 0.2) is 35.7 Å². The van der Waals surface area contributed by atoms with Gasteiger partial charge in [0.2, 0.25) is 0 Å². The summed E-state index contributed by atoms with van der Waals surface area (Å²) in [6, 6.07) is 9.67. The monoisotopic (exact) mass is 325 g/mol. The fraction of sp³-hybridized carbons (Fsp3) is 0.375. The molecule has 0 amide bonds. The molecule has 1 aromatic carbocycles. The van der Waals surface area contributed by atoms with Crippen LogP contribution in [0.3, 0.4) is 0 Å². The molecule has 0 spiro atoms. The van der Waals surface area contributed by atoms with Gasteiger partial charge in [0.1, 0.15) is 0 Å². The van der Waals surface area contributed by atoms with Gasteiger partial charge in [-0.1, -0.05) is 29.8 Å². The van der Waals surface area contributed by atoms with Crippen LogP contribution in [0.4, 0.5) is 0 Å². The number of thiophene rings is 1. The number of benzene rings is 1. The first-order chi connectivity index (χ1) is 10.2. The molecule has 0 saturated carbocycles. The smallest absolute Gasteiger partial charge is 0.0897 e. The van der Waals surface area contributed by atoms with Gasteiger partial charge in [-0.15, -0.1) is 11.3 Å². The second kappa shape index (κ2) is 8.51. The van der Waals surface area contributed by atoms with Crippen LogP contribution in [0, 0.1) is 6.92 Å². The average Bonchev–Trinajstić information content (AvgIpc) is 2.87. The van der Waals surface area contributed by atoms with E-state index in [0.29, 0.717) is 24.8 Å². The van der Waals surface area contributed by atoms with Gasteiger partial charge in [0.15, 0.2) is 0 Å². The standard InChI is InChI=1S/C16H20ClNO2S/c1-12-6-7-21-16(12)9-18-8-14(19)11-20-10-13-4-2-3-5-15(13)17/h2-7,14,18-19H,8-11H2,1H3. The molecule has 2 aromatic rings. The molecule has 0 saturated heterocycles. The number of aryl methyl sites for hydroxylation is 1. The highest BCUT2D eigenvalue weighted by Crippen LogP contribution is 2.16. The van der Waals surface area contributed by atoms with E-state index in [1.807, 2.05) is 24.3 Å². The van der Waals surface area contributed by atoms with Crippen molar-refractivity contribution in [2.75, 3.05) is 13.2 Å². The second-order valence-corrected chi connectivity index (χ2v) is 6.33. The summed E-state index contributed by atoms with van der Waals surface area (Å²) in [5.41, 5.74) is 2.23. The minimum atomic E-state index is -0.521. The molecule has 5 heteroatoms. The van der Waals surface area contributed by atoms with Crippen molar-refractivity contribution in [3.05, 3.63) is 56.7 Å². The molecule has 1 unspecified atom stereocenters. The maximum absolute atomic E-state index is 9.88. The molecule has 3 nitrogen and oxygen atoms in total. The molecule has 114 valence electrons. The van der Waals surface area contributed by atoms with Crippen molar-refractivity contribution < 1.29 is 9.84 Å².